The summed E-state index contributed by atoms with van der Waals surface area (Å²) < 4.78 is 4.88. The van der Waals surface area contributed by atoms with Gasteiger partial charge in [-0.3, -0.25) is 4.57 Å². The molecule has 0 aliphatic carbocycles. The molecule has 0 aliphatic rings. The van der Waals surface area contributed by atoms with Crippen LogP contribution in [0.5, 0.6) is 0 Å². The lowest BCUT2D eigenvalue weighted by atomic mass is 9.95. The van der Waals surface area contributed by atoms with E-state index >= 15 is 0 Å². The van der Waals surface area contributed by atoms with E-state index in [0.717, 1.165) is 55.0 Å². The van der Waals surface area contributed by atoms with Crippen molar-refractivity contribution in [2.24, 2.45) is 0 Å². The number of hydrogen-bond acceptors (Lipinski definition) is 4. The number of nitrogens with zero attached hydrogens (tertiary/aromatic N) is 4. The summed E-state index contributed by atoms with van der Waals surface area (Å²) in [6.45, 7) is 4.25. The second-order valence-corrected chi connectivity index (χ2v) is 17.7. The van der Waals surface area contributed by atoms with Crippen LogP contribution in [0.1, 0.15) is 20.3 Å². The van der Waals surface area contributed by atoms with Crippen molar-refractivity contribution in [2.75, 3.05) is 0 Å². The lowest BCUT2D eigenvalue weighted by Crippen LogP contribution is -2.07. The molecule has 0 atom stereocenters. The lowest BCUT2D eigenvalue weighted by molar-refractivity contribution is 0.956. The van der Waals surface area contributed by atoms with E-state index in [9.17, 15) is 0 Å². The molecular formula is C60H42N4S. The Labute approximate surface area is 380 Å². The van der Waals surface area contributed by atoms with E-state index in [-0.39, 0.29) is 0 Å². The van der Waals surface area contributed by atoms with Gasteiger partial charge in [0.2, 0.25) is 5.95 Å². The van der Waals surface area contributed by atoms with Crippen molar-refractivity contribution in [3.8, 4) is 51.0 Å². The maximum atomic E-state index is 5.51. The van der Waals surface area contributed by atoms with Crippen LogP contribution in [0, 0.1) is 0 Å². The van der Waals surface area contributed by atoms with Crippen molar-refractivity contribution in [1.29, 1.82) is 0 Å². The van der Waals surface area contributed by atoms with Crippen molar-refractivity contribution < 1.29 is 0 Å². The van der Waals surface area contributed by atoms with Gasteiger partial charge in [-0.05, 0) is 61.8 Å². The third-order valence-corrected chi connectivity index (χ3v) is 13.6. The Bertz CT molecular complexity index is 3940. The summed E-state index contributed by atoms with van der Waals surface area (Å²) in [6, 6.07) is 73.8. The fourth-order valence-corrected chi connectivity index (χ4v) is 10.8. The number of para-hydroxylation sites is 1. The normalized spacial score (nSPS) is 11.6. The van der Waals surface area contributed by atoms with Crippen LogP contribution >= 0.6 is 11.3 Å². The predicted octanol–water partition coefficient (Wildman–Crippen LogP) is 16.9. The highest BCUT2D eigenvalue weighted by atomic mass is 32.1. The molecule has 0 spiro atoms. The van der Waals surface area contributed by atoms with Crippen LogP contribution < -0.4 is 0 Å². The smallest absolute Gasteiger partial charge is 0.238 e. The summed E-state index contributed by atoms with van der Waals surface area (Å²) in [4.78, 5) is 16.3. The summed E-state index contributed by atoms with van der Waals surface area (Å²) in [5, 5.41) is 11.9. The summed E-state index contributed by atoms with van der Waals surface area (Å²) in [5.41, 5.74) is 8.60. The standard InChI is InChI=1S/C57H34N4S.C3H8/c1-2-14-35(15-3-1)37-28-31-38(32-29-37)55-58-56(40-33-30-36-16-4-5-17-39(36)34-40)60-57(59-55)61-53-46(44-23-13-27-50-51(44)47-22-10-11-26-49(47)62-50)24-12-25-48(53)52-43-20-8-6-18-41(43)42-19-7-9-21-45(42)54(52)61;1-3-2/h1-34H;3H2,1-2H3. The Morgan fingerprint density at radius 2 is 0.908 bits per heavy atom. The molecule has 0 N–H and O–H groups in total. The Morgan fingerprint density at radius 1 is 0.369 bits per heavy atom. The monoisotopic (exact) mass is 850 g/mol. The Hall–Kier alpha value is -7.99. The number of rotatable bonds is 5. The van der Waals surface area contributed by atoms with Gasteiger partial charge in [-0.15, -0.1) is 11.3 Å². The highest BCUT2D eigenvalue weighted by molar-refractivity contribution is 7.25. The van der Waals surface area contributed by atoms with Gasteiger partial charge in [-0.1, -0.05) is 208 Å². The zero-order valence-corrected chi connectivity index (χ0v) is 36.9. The molecule has 0 radical (unpaired) electrons. The lowest BCUT2D eigenvalue weighted by Gasteiger charge is -2.15. The Balaban J connectivity index is 0.00000144. The highest BCUT2D eigenvalue weighted by Crippen LogP contribution is 2.47. The fourth-order valence-electron chi connectivity index (χ4n) is 9.64. The molecule has 0 fully saturated rings. The predicted molar refractivity (Wildman–Crippen MR) is 277 cm³/mol. The molecule has 65 heavy (non-hydrogen) atoms. The average molecular weight is 851 g/mol. The van der Waals surface area contributed by atoms with E-state index in [1.54, 1.807) is 0 Å². The largest absolute Gasteiger partial charge is 0.277 e. The van der Waals surface area contributed by atoms with Crippen LogP contribution in [-0.4, -0.2) is 19.5 Å². The quantitative estimate of drug-likeness (QED) is 0.162. The van der Waals surface area contributed by atoms with Crippen LogP contribution in [0.15, 0.2) is 206 Å². The molecule has 13 aromatic rings. The van der Waals surface area contributed by atoms with Crippen LogP contribution in [0.25, 0.3) is 125 Å². The first-order valence-corrected chi connectivity index (χ1v) is 23.2. The molecule has 0 unspecified atom stereocenters. The molecule has 308 valence electrons. The number of aromatic nitrogens is 4. The van der Waals surface area contributed by atoms with E-state index in [1.807, 2.05) is 17.4 Å². The van der Waals surface area contributed by atoms with Crippen LogP contribution in [0.3, 0.4) is 0 Å². The van der Waals surface area contributed by atoms with Crippen molar-refractivity contribution in [3.63, 3.8) is 0 Å². The van der Waals surface area contributed by atoms with Gasteiger partial charge in [-0.2, -0.15) is 9.97 Å². The molecule has 0 saturated heterocycles. The van der Waals surface area contributed by atoms with Gasteiger partial charge in [0.15, 0.2) is 11.6 Å². The zero-order chi connectivity index (χ0) is 43.4. The molecule has 0 amide bonds. The first-order valence-electron chi connectivity index (χ1n) is 22.4. The second kappa shape index (κ2) is 16.0. The molecule has 3 aromatic heterocycles. The fraction of sp³-hybridized carbons (Fsp3) is 0.0500. The summed E-state index contributed by atoms with van der Waals surface area (Å²) in [6.07, 6.45) is 1.25. The van der Waals surface area contributed by atoms with Gasteiger partial charge in [0, 0.05) is 53.0 Å². The molecular weight excluding hydrogens is 809 g/mol. The molecule has 5 heteroatoms. The molecule has 10 aromatic carbocycles. The van der Waals surface area contributed by atoms with Crippen LogP contribution in [-0.2, 0) is 0 Å². The summed E-state index contributed by atoms with van der Waals surface area (Å²) in [5.74, 6) is 1.80. The van der Waals surface area contributed by atoms with Gasteiger partial charge in [0.25, 0.3) is 0 Å². The van der Waals surface area contributed by atoms with Gasteiger partial charge < -0.3 is 0 Å². The molecule has 0 saturated carbocycles. The molecule has 13 rings (SSSR count). The number of benzene rings is 10. The zero-order valence-electron chi connectivity index (χ0n) is 36.0. The number of fused-ring (bicyclic) bond motifs is 12. The van der Waals surface area contributed by atoms with E-state index < -0.39 is 0 Å². The van der Waals surface area contributed by atoms with Gasteiger partial charge in [0.05, 0.1) is 11.0 Å². The average Bonchev–Trinajstić information content (AvgIpc) is 3.94. The minimum atomic E-state index is 0.570. The SMILES string of the molecule is CCC.c1ccc(-c2ccc(-c3nc(-c4ccc5ccccc5c4)nc(-n4c5c(-c6cccc7sc8ccccc8c67)cccc5c5c6ccccc6c6ccccc6c54)n3)cc2)cc1. The van der Waals surface area contributed by atoms with Crippen LogP contribution in [0.2, 0.25) is 0 Å². The molecule has 0 aliphatic heterocycles. The Morgan fingerprint density at radius 3 is 1.69 bits per heavy atom. The molecule has 0 bridgehead atoms. The summed E-state index contributed by atoms with van der Waals surface area (Å²) in [7, 11) is 0. The third-order valence-electron chi connectivity index (χ3n) is 12.4. The molecule has 3 heterocycles. The highest BCUT2D eigenvalue weighted by Gasteiger charge is 2.25. The molecule has 4 nitrogen and oxygen atoms in total. The van der Waals surface area contributed by atoms with Crippen molar-refractivity contribution in [3.05, 3.63) is 206 Å². The minimum Gasteiger partial charge on any atom is -0.277 e. The van der Waals surface area contributed by atoms with E-state index in [2.05, 4.69) is 219 Å². The van der Waals surface area contributed by atoms with Crippen molar-refractivity contribution in [1.82, 2.24) is 19.5 Å². The Kier molecular flexibility index (Phi) is 9.50. The van der Waals surface area contributed by atoms with E-state index in [0.29, 0.717) is 17.6 Å². The first kappa shape index (κ1) is 38.7. The topological polar surface area (TPSA) is 43.6 Å². The van der Waals surface area contributed by atoms with Crippen molar-refractivity contribution in [2.45, 2.75) is 20.3 Å². The second-order valence-electron chi connectivity index (χ2n) is 16.6. The van der Waals surface area contributed by atoms with Gasteiger partial charge in [0.1, 0.15) is 0 Å². The minimum absolute atomic E-state index is 0.570. The van der Waals surface area contributed by atoms with Crippen LogP contribution in [0.4, 0.5) is 0 Å². The van der Waals surface area contributed by atoms with E-state index in [4.69, 9.17) is 15.0 Å². The number of thiophene rings is 1. The maximum absolute atomic E-state index is 5.51. The van der Waals surface area contributed by atoms with Crippen molar-refractivity contribution >= 4 is 85.6 Å². The number of hydrogen-bond donors (Lipinski definition) is 0. The van der Waals surface area contributed by atoms with Gasteiger partial charge >= 0.3 is 0 Å². The first-order chi connectivity index (χ1) is 32.2. The third kappa shape index (κ3) is 6.46. The maximum Gasteiger partial charge on any atom is 0.238 e. The van der Waals surface area contributed by atoms with E-state index in [1.165, 1.54) is 59.1 Å². The van der Waals surface area contributed by atoms with Gasteiger partial charge in [-0.25, -0.2) is 4.98 Å². The summed E-state index contributed by atoms with van der Waals surface area (Å²) >= 11 is 1.84.